The van der Waals surface area contributed by atoms with Gasteiger partial charge in [0.2, 0.25) is 0 Å². The molecule has 0 fully saturated rings. The number of hydrogen-bond acceptors (Lipinski definition) is 6. The Hall–Kier alpha value is -2.37. The maximum atomic E-state index is 12.9. The van der Waals surface area contributed by atoms with Crippen LogP contribution in [0.15, 0.2) is 36.5 Å². The van der Waals surface area contributed by atoms with Gasteiger partial charge in [0, 0.05) is 19.3 Å². The first kappa shape index (κ1) is 71.6. The first-order valence-corrected chi connectivity index (χ1v) is 33.0. The lowest BCUT2D eigenvalue weighted by atomic mass is 10.0. The van der Waals surface area contributed by atoms with Gasteiger partial charge in [0.15, 0.2) is 6.10 Å². The molecule has 0 aliphatic rings. The number of unbranched alkanes of at least 4 members (excludes halogenated alkanes) is 44. The maximum absolute atomic E-state index is 12.9. The summed E-state index contributed by atoms with van der Waals surface area (Å²) >= 11 is 0. The van der Waals surface area contributed by atoms with Gasteiger partial charge in [-0.1, -0.05) is 308 Å². The van der Waals surface area contributed by atoms with Crippen LogP contribution >= 0.6 is 0 Å². The molecule has 0 aliphatic heterocycles. The van der Waals surface area contributed by atoms with Gasteiger partial charge in [-0.05, 0) is 70.6 Å². The molecule has 0 aliphatic carbocycles. The fourth-order valence-electron chi connectivity index (χ4n) is 9.87. The second-order valence-corrected chi connectivity index (χ2v) is 22.4. The first-order valence-electron chi connectivity index (χ1n) is 33.0. The Morgan fingerprint density at radius 1 is 0.270 bits per heavy atom. The molecular formula is C68H126O6. The van der Waals surface area contributed by atoms with E-state index in [9.17, 15) is 14.4 Å². The normalized spacial score (nSPS) is 12.2. The molecule has 434 valence electrons. The van der Waals surface area contributed by atoms with E-state index in [1.54, 1.807) is 0 Å². The van der Waals surface area contributed by atoms with Crippen molar-refractivity contribution in [2.45, 2.75) is 367 Å². The number of allylic oxidation sites excluding steroid dienone is 6. The fourth-order valence-corrected chi connectivity index (χ4v) is 9.87. The van der Waals surface area contributed by atoms with E-state index in [-0.39, 0.29) is 31.1 Å². The summed E-state index contributed by atoms with van der Waals surface area (Å²) in [6.07, 6.45) is 77.4. The Bertz CT molecular complexity index is 1240. The lowest BCUT2D eigenvalue weighted by Gasteiger charge is -2.18. The standard InChI is InChI=1S/C68H126O6/c1-4-7-10-13-16-19-22-24-26-28-30-31-32-33-34-35-36-37-38-40-41-43-46-49-52-55-58-61-67(70)73-64-65(63-72-66(69)60-57-54-51-48-45-21-18-15-12-9-6-3)74-68(71)62-59-56-53-50-47-44-42-39-29-27-25-23-20-17-14-11-8-5-2/h15,18,20,23,27,29,65H,4-14,16-17,19,21-22,24-26,28,30-64H2,1-3H3/b18-15-,23-20-,29-27-. The van der Waals surface area contributed by atoms with Crippen LogP contribution in [0.3, 0.4) is 0 Å². The van der Waals surface area contributed by atoms with Crippen molar-refractivity contribution < 1.29 is 28.6 Å². The summed E-state index contributed by atoms with van der Waals surface area (Å²) in [5, 5.41) is 0. The van der Waals surface area contributed by atoms with E-state index in [1.807, 2.05) is 0 Å². The SMILES string of the molecule is CCCC/C=C\CCCCCCCC(=O)OCC(COC(=O)CCCCCCCCCCCCCCCCCCCCCCCCCCCCC)OC(=O)CCCCCCCCC/C=C\C/C=C\CCCCCC. The molecule has 0 aromatic rings. The molecule has 0 N–H and O–H groups in total. The molecule has 0 aromatic heterocycles. The monoisotopic (exact) mass is 1040 g/mol. The average Bonchev–Trinajstić information content (AvgIpc) is 3.40. The molecule has 0 rings (SSSR count). The molecule has 6 nitrogen and oxygen atoms in total. The van der Waals surface area contributed by atoms with E-state index in [1.165, 1.54) is 244 Å². The van der Waals surface area contributed by atoms with Gasteiger partial charge in [0.25, 0.3) is 0 Å². The van der Waals surface area contributed by atoms with E-state index in [0.29, 0.717) is 19.3 Å². The molecule has 0 bridgehead atoms. The summed E-state index contributed by atoms with van der Waals surface area (Å²) in [5.41, 5.74) is 0. The van der Waals surface area contributed by atoms with Crippen molar-refractivity contribution in [1.29, 1.82) is 0 Å². The maximum Gasteiger partial charge on any atom is 0.306 e. The van der Waals surface area contributed by atoms with Crippen LogP contribution in [0.25, 0.3) is 0 Å². The second-order valence-electron chi connectivity index (χ2n) is 22.4. The third kappa shape index (κ3) is 60.5. The summed E-state index contributed by atoms with van der Waals surface area (Å²) in [6.45, 7) is 6.63. The van der Waals surface area contributed by atoms with E-state index in [4.69, 9.17) is 14.2 Å². The average molecular weight is 1040 g/mol. The number of rotatable bonds is 61. The minimum Gasteiger partial charge on any atom is -0.462 e. The quantitative estimate of drug-likeness (QED) is 0.0261. The molecule has 1 atom stereocenters. The lowest BCUT2D eigenvalue weighted by Crippen LogP contribution is -2.30. The Labute approximate surface area is 461 Å². The van der Waals surface area contributed by atoms with Crippen LogP contribution in [-0.2, 0) is 28.6 Å². The highest BCUT2D eigenvalue weighted by atomic mass is 16.6. The highest BCUT2D eigenvalue weighted by Crippen LogP contribution is 2.18. The van der Waals surface area contributed by atoms with Crippen LogP contribution in [0.2, 0.25) is 0 Å². The van der Waals surface area contributed by atoms with Gasteiger partial charge >= 0.3 is 17.9 Å². The highest BCUT2D eigenvalue weighted by molar-refractivity contribution is 5.71. The molecule has 0 spiro atoms. The predicted molar refractivity (Wildman–Crippen MR) is 321 cm³/mol. The molecule has 1 unspecified atom stereocenters. The molecule has 0 saturated carbocycles. The van der Waals surface area contributed by atoms with Gasteiger partial charge < -0.3 is 14.2 Å². The Morgan fingerprint density at radius 2 is 0.500 bits per heavy atom. The van der Waals surface area contributed by atoms with Crippen molar-refractivity contribution in [3.63, 3.8) is 0 Å². The predicted octanol–water partition coefficient (Wildman–Crippen LogP) is 22.4. The van der Waals surface area contributed by atoms with Crippen molar-refractivity contribution in [3.05, 3.63) is 36.5 Å². The summed E-state index contributed by atoms with van der Waals surface area (Å²) in [4.78, 5) is 38.2. The summed E-state index contributed by atoms with van der Waals surface area (Å²) < 4.78 is 16.9. The minimum absolute atomic E-state index is 0.0741. The Morgan fingerprint density at radius 3 is 0.811 bits per heavy atom. The zero-order chi connectivity index (χ0) is 53.6. The van der Waals surface area contributed by atoms with Crippen LogP contribution in [0.5, 0.6) is 0 Å². The zero-order valence-electron chi connectivity index (χ0n) is 49.9. The minimum atomic E-state index is -0.778. The molecule has 0 amide bonds. The molecular weight excluding hydrogens is 913 g/mol. The Kier molecular flexibility index (Phi) is 61.1. The number of ether oxygens (including phenoxy) is 3. The van der Waals surface area contributed by atoms with Gasteiger partial charge in [-0.3, -0.25) is 14.4 Å². The largest absolute Gasteiger partial charge is 0.462 e. The Balaban J connectivity index is 4.17. The molecule has 74 heavy (non-hydrogen) atoms. The second kappa shape index (κ2) is 63.2. The van der Waals surface area contributed by atoms with Crippen molar-refractivity contribution in [1.82, 2.24) is 0 Å². The summed E-state index contributed by atoms with van der Waals surface area (Å²) in [7, 11) is 0. The molecule has 0 heterocycles. The number of hydrogen-bond donors (Lipinski definition) is 0. The third-order valence-electron chi connectivity index (χ3n) is 14.9. The van der Waals surface area contributed by atoms with Crippen LogP contribution < -0.4 is 0 Å². The van der Waals surface area contributed by atoms with Gasteiger partial charge in [-0.2, -0.15) is 0 Å². The highest BCUT2D eigenvalue weighted by Gasteiger charge is 2.19. The van der Waals surface area contributed by atoms with Gasteiger partial charge in [-0.25, -0.2) is 0 Å². The molecule has 0 aromatic carbocycles. The summed E-state index contributed by atoms with van der Waals surface area (Å²) in [6, 6.07) is 0. The lowest BCUT2D eigenvalue weighted by molar-refractivity contribution is -0.167. The van der Waals surface area contributed by atoms with Crippen molar-refractivity contribution in [2.75, 3.05) is 13.2 Å². The number of carbonyl (C=O) groups excluding carboxylic acids is 3. The number of carbonyl (C=O) groups is 3. The summed E-state index contributed by atoms with van der Waals surface area (Å²) in [5.74, 6) is -0.871. The van der Waals surface area contributed by atoms with Crippen LogP contribution in [0.4, 0.5) is 0 Å². The fraction of sp³-hybridized carbons (Fsp3) is 0.868. The number of esters is 3. The van der Waals surface area contributed by atoms with E-state index < -0.39 is 6.10 Å². The van der Waals surface area contributed by atoms with Crippen molar-refractivity contribution in [2.24, 2.45) is 0 Å². The smallest absolute Gasteiger partial charge is 0.306 e. The molecule has 0 radical (unpaired) electrons. The van der Waals surface area contributed by atoms with E-state index >= 15 is 0 Å². The van der Waals surface area contributed by atoms with Crippen molar-refractivity contribution in [3.8, 4) is 0 Å². The van der Waals surface area contributed by atoms with Gasteiger partial charge in [0.1, 0.15) is 13.2 Å². The van der Waals surface area contributed by atoms with Crippen molar-refractivity contribution >= 4 is 17.9 Å². The van der Waals surface area contributed by atoms with Crippen LogP contribution in [0.1, 0.15) is 361 Å². The first-order chi connectivity index (χ1) is 36.5. The third-order valence-corrected chi connectivity index (χ3v) is 14.9. The van der Waals surface area contributed by atoms with Gasteiger partial charge in [-0.15, -0.1) is 0 Å². The van der Waals surface area contributed by atoms with Gasteiger partial charge in [0.05, 0.1) is 0 Å². The topological polar surface area (TPSA) is 78.9 Å². The molecule has 6 heteroatoms. The van der Waals surface area contributed by atoms with Crippen LogP contribution in [0, 0.1) is 0 Å². The van der Waals surface area contributed by atoms with Crippen LogP contribution in [-0.4, -0.2) is 37.2 Å². The van der Waals surface area contributed by atoms with E-state index in [2.05, 4.69) is 57.2 Å². The van der Waals surface area contributed by atoms with E-state index in [0.717, 1.165) is 77.0 Å². The molecule has 0 saturated heterocycles. The zero-order valence-corrected chi connectivity index (χ0v) is 49.9.